The highest BCUT2D eigenvalue weighted by Gasteiger charge is 2.16. The van der Waals surface area contributed by atoms with Gasteiger partial charge in [-0.05, 0) is 34.7 Å². The van der Waals surface area contributed by atoms with Crippen molar-refractivity contribution in [3.63, 3.8) is 0 Å². The number of Topliss-reactive ketones (excluding diaryl/α,β-unsaturated/α-hetero) is 1. The van der Waals surface area contributed by atoms with E-state index in [4.69, 9.17) is 5.11 Å². The quantitative estimate of drug-likeness (QED) is 0.569. The van der Waals surface area contributed by atoms with Gasteiger partial charge >= 0.3 is 5.97 Å². The maximum absolute atomic E-state index is 12.0. The van der Waals surface area contributed by atoms with Gasteiger partial charge < -0.3 is 5.11 Å². The minimum absolute atomic E-state index is 0.0307. The Balaban J connectivity index is 2.05. The van der Waals surface area contributed by atoms with E-state index in [1.165, 1.54) is 28.6 Å². The van der Waals surface area contributed by atoms with E-state index in [0.29, 0.717) is 17.4 Å². The minimum Gasteiger partial charge on any atom is -0.478 e. The lowest BCUT2D eigenvalue weighted by Gasteiger charge is -2.07. The molecule has 9 nitrogen and oxygen atoms in total. The van der Waals surface area contributed by atoms with E-state index in [9.17, 15) is 9.59 Å². The van der Waals surface area contributed by atoms with Gasteiger partial charge in [-0.15, -0.1) is 5.10 Å². The molecule has 0 amide bonds. The molecule has 1 aromatic heterocycles. The molecule has 126 valence electrons. The molecule has 1 atom stereocenters. The molecule has 0 bridgehead atoms. The Bertz CT molecular complexity index is 743. The summed E-state index contributed by atoms with van der Waals surface area (Å²) >= 11 is 1.22. The zero-order valence-electron chi connectivity index (χ0n) is 13.2. The first-order valence-electron chi connectivity index (χ1n) is 7.06. The van der Waals surface area contributed by atoms with Crippen LogP contribution in [0.15, 0.2) is 39.7 Å². The molecule has 0 radical (unpaired) electrons. The van der Waals surface area contributed by atoms with E-state index >= 15 is 0 Å². The zero-order valence-corrected chi connectivity index (χ0v) is 14.0. The smallest absolute Gasteiger partial charge is 0.335 e. The highest BCUT2D eigenvalue weighted by atomic mass is 32.2. The monoisotopic (exact) mass is 348 g/mol. The lowest BCUT2D eigenvalue weighted by Crippen LogP contribution is -2.16. The Morgan fingerprint density at radius 2 is 2.04 bits per heavy atom. The van der Waals surface area contributed by atoms with Crippen LogP contribution in [0.1, 0.15) is 17.3 Å². The van der Waals surface area contributed by atoms with Crippen molar-refractivity contribution in [1.82, 2.24) is 20.2 Å². The van der Waals surface area contributed by atoms with Crippen molar-refractivity contribution in [1.29, 1.82) is 0 Å². The highest BCUT2D eigenvalue weighted by Crippen LogP contribution is 2.19. The predicted molar refractivity (Wildman–Crippen MR) is 86.7 cm³/mol. The Kier molecular flexibility index (Phi) is 6.13. The molecular weight excluding hydrogens is 332 g/mol. The van der Waals surface area contributed by atoms with Crippen LogP contribution in [0.2, 0.25) is 0 Å². The fourth-order valence-electron chi connectivity index (χ4n) is 1.76. The van der Waals surface area contributed by atoms with Crippen molar-refractivity contribution in [3.8, 4) is 5.69 Å². The fourth-order valence-corrected chi connectivity index (χ4v) is 2.67. The number of ketones is 1. The average Bonchev–Trinajstić information content (AvgIpc) is 3.06. The largest absolute Gasteiger partial charge is 0.478 e. The van der Waals surface area contributed by atoms with E-state index in [0.717, 1.165) is 0 Å². The molecule has 0 aliphatic heterocycles. The van der Waals surface area contributed by atoms with Gasteiger partial charge in [0, 0.05) is 13.0 Å². The molecule has 0 aliphatic rings. The number of carboxylic acid groups (broad SMARTS) is 1. The van der Waals surface area contributed by atoms with Crippen LogP contribution in [0, 0.1) is 5.92 Å². The van der Waals surface area contributed by atoms with Gasteiger partial charge in [0.2, 0.25) is 5.16 Å². The Hall–Kier alpha value is -2.62. The first kappa shape index (κ1) is 17.7. The summed E-state index contributed by atoms with van der Waals surface area (Å²) < 4.78 is 1.46. The van der Waals surface area contributed by atoms with Crippen molar-refractivity contribution in [2.45, 2.75) is 12.1 Å². The highest BCUT2D eigenvalue weighted by molar-refractivity contribution is 7.99. The number of thioether (sulfide) groups is 1. The van der Waals surface area contributed by atoms with Gasteiger partial charge in [-0.25, -0.2) is 4.79 Å². The van der Waals surface area contributed by atoms with Crippen molar-refractivity contribution in [3.05, 3.63) is 29.8 Å². The van der Waals surface area contributed by atoms with Crippen LogP contribution in [0.3, 0.4) is 0 Å². The standard InChI is InChI=1S/C14H16N6O3S/c1-9(7-16-15-2)12(21)8-24-14-17-18-19-20(14)11-5-3-10(4-6-11)13(22)23/h3-6,9H,7-8H2,1-2H3,(H,22,23). The van der Waals surface area contributed by atoms with Crippen LogP contribution in [0.4, 0.5) is 0 Å². The van der Waals surface area contributed by atoms with Gasteiger partial charge in [-0.3, -0.25) is 4.79 Å². The summed E-state index contributed by atoms with van der Waals surface area (Å²) in [7, 11) is 1.57. The number of aromatic nitrogens is 4. The lowest BCUT2D eigenvalue weighted by molar-refractivity contribution is -0.119. The second-order valence-electron chi connectivity index (χ2n) is 4.91. The van der Waals surface area contributed by atoms with Crippen LogP contribution >= 0.6 is 11.8 Å². The van der Waals surface area contributed by atoms with E-state index in [1.54, 1.807) is 26.1 Å². The fraction of sp³-hybridized carbons (Fsp3) is 0.357. The summed E-state index contributed by atoms with van der Waals surface area (Å²) in [5, 5.41) is 28.2. The van der Waals surface area contributed by atoms with Crippen LogP contribution in [0.5, 0.6) is 0 Å². The third-order valence-electron chi connectivity index (χ3n) is 3.19. The maximum Gasteiger partial charge on any atom is 0.335 e. The van der Waals surface area contributed by atoms with Gasteiger partial charge in [-0.1, -0.05) is 18.7 Å². The molecule has 1 N–H and O–H groups in total. The van der Waals surface area contributed by atoms with Gasteiger partial charge in [0.15, 0.2) is 0 Å². The number of carboxylic acids is 1. The number of carbonyl (C=O) groups excluding carboxylic acids is 1. The average molecular weight is 348 g/mol. The summed E-state index contributed by atoms with van der Waals surface area (Å²) in [6.07, 6.45) is 0. The number of benzene rings is 1. The summed E-state index contributed by atoms with van der Waals surface area (Å²) in [6.45, 7) is 2.16. The van der Waals surface area contributed by atoms with Crippen molar-refractivity contribution < 1.29 is 14.7 Å². The number of carbonyl (C=O) groups is 2. The van der Waals surface area contributed by atoms with Gasteiger partial charge in [0.25, 0.3) is 0 Å². The van der Waals surface area contributed by atoms with Crippen molar-refractivity contribution >= 4 is 23.5 Å². The topological polar surface area (TPSA) is 123 Å². The molecule has 10 heteroatoms. The molecule has 24 heavy (non-hydrogen) atoms. The Morgan fingerprint density at radius 1 is 1.33 bits per heavy atom. The summed E-state index contributed by atoms with van der Waals surface area (Å²) in [5.74, 6) is -0.978. The third-order valence-corrected chi connectivity index (χ3v) is 4.13. The zero-order chi connectivity index (χ0) is 17.5. The second kappa shape index (κ2) is 8.29. The van der Waals surface area contributed by atoms with E-state index in [2.05, 4.69) is 25.8 Å². The molecule has 0 saturated heterocycles. The first-order chi connectivity index (χ1) is 11.5. The molecule has 0 spiro atoms. The Morgan fingerprint density at radius 3 is 2.67 bits per heavy atom. The van der Waals surface area contributed by atoms with Crippen molar-refractivity contribution in [2.75, 3.05) is 19.3 Å². The number of azo groups is 1. The van der Waals surface area contributed by atoms with Gasteiger partial charge in [0.1, 0.15) is 5.78 Å². The number of rotatable bonds is 8. The molecule has 1 heterocycles. The number of hydrogen-bond acceptors (Lipinski definition) is 8. The van der Waals surface area contributed by atoms with Gasteiger partial charge in [-0.2, -0.15) is 14.9 Å². The number of nitrogens with zero attached hydrogens (tertiary/aromatic N) is 6. The van der Waals surface area contributed by atoms with Crippen LogP contribution in [-0.4, -0.2) is 56.4 Å². The SMILES string of the molecule is CN=NCC(C)C(=O)CSc1nnnn1-c1ccc(C(=O)O)cc1. The van der Waals surface area contributed by atoms with Crippen LogP contribution in [0.25, 0.3) is 5.69 Å². The second-order valence-corrected chi connectivity index (χ2v) is 5.85. The first-order valence-corrected chi connectivity index (χ1v) is 8.04. The predicted octanol–water partition coefficient (Wildman–Crippen LogP) is 1.74. The van der Waals surface area contributed by atoms with Crippen LogP contribution in [-0.2, 0) is 4.79 Å². The molecule has 0 fully saturated rings. The summed E-state index contributed by atoms with van der Waals surface area (Å²) in [5.41, 5.74) is 0.794. The minimum atomic E-state index is -1.00. The molecule has 1 unspecified atom stereocenters. The Labute approximate surface area is 142 Å². The molecular formula is C14H16N6O3S. The molecule has 0 saturated carbocycles. The molecule has 2 aromatic rings. The molecule has 2 rings (SSSR count). The molecule has 0 aliphatic carbocycles. The van der Waals surface area contributed by atoms with E-state index in [1.807, 2.05) is 0 Å². The third kappa shape index (κ3) is 4.44. The van der Waals surface area contributed by atoms with E-state index in [-0.39, 0.29) is 23.0 Å². The van der Waals surface area contributed by atoms with Gasteiger partial charge in [0.05, 0.1) is 23.5 Å². The normalized spacial score (nSPS) is 12.4. The maximum atomic E-state index is 12.0. The van der Waals surface area contributed by atoms with Crippen LogP contribution < -0.4 is 0 Å². The molecule has 1 aromatic carbocycles. The van der Waals surface area contributed by atoms with E-state index < -0.39 is 5.97 Å². The number of aromatic carboxylic acids is 1. The number of hydrogen-bond donors (Lipinski definition) is 1. The lowest BCUT2D eigenvalue weighted by atomic mass is 10.1. The summed E-state index contributed by atoms with van der Waals surface area (Å²) in [6, 6.07) is 6.15. The number of tetrazole rings is 1. The van der Waals surface area contributed by atoms with Crippen molar-refractivity contribution in [2.24, 2.45) is 16.1 Å². The summed E-state index contributed by atoms with van der Waals surface area (Å²) in [4.78, 5) is 22.9.